The first-order valence-corrected chi connectivity index (χ1v) is 12.4. The molecule has 1 saturated heterocycles. The molecule has 0 bridgehead atoms. The number of hydrogen-bond donors (Lipinski definition) is 2. The Morgan fingerprint density at radius 3 is 2.71 bits per heavy atom. The van der Waals surface area contributed by atoms with Gasteiger partial charge in [-0.1, -0.05) is 25.8 Å². The molecule has 0 unspecified atom stereocenters. The van der Waals surface area contributed by atoms with E-state index in [0.29, 0.717) is 25.1 Å². The number of Topliss-reactive ketones (excluding diaryl/α,β-unsaturated/α-hetero) is 1. The van der Waals surface area contributed by atoms with Crippen LogP contribution in [0.5, 0.6) is 0 Å². The van der Waals surface area contributed by atoms with E-state index in [2.05, 4.69) is 15.7 Å². The summed E-state index contributed by atoms with van der Waals surface area (Å²) in [6.45, 7) is 2.41. The summed E-state index contributed by atoms with van der Waals surface area (Å²) in [5.74, 6) is -1.56. The SMILES string of the molecule is CCC[C@H](NC(=O)[C@@H]1[C@H]2CCC[C@H]2CN1C(=O)c1cc2ccccn2n1)C(=O)C(=O)NC1CC1. The van der Waals surface area contributed by atoms with Crippen LogP contribution >= 0.6 is 0 Å². The van der Waals surface area contributed by atoms with Crippen LogP contribution in [0, 0.1) is 11.8 Å². The average molecular weight is 466 g/mol. The Kier molecular flexibility index (Phi) is 6.10. The molecule has 3 aliphatic rings. The van der Waals surface area contributed by atoms with Crippen molar-refractivity contribution in [3.63, 3.8) is 0 Å². The minimum atomic E-state index is -0.885. The van der Waals surface area contributed by atoms with Crippen LogP contribution in [0.2, 0.25) is 0 Å². The van der Waals surface area contributed by atoms with Crippen molar-refractivity contribution < 1.29 is 19.2 Å². The normalized spacial score (nSPS) is 24.6. The average Bonchev–Trinajstić information content (AvgIpc) is 3.22. The van der Waals surface area contributed by atoms with Crippen molar-refractivity contribution in [3.05, 3.63) is 36.2 Å². The first-order valence-electron chi connectivity index (χ1n) is 12.4. The zero-order valence-corrected chi connectivity index (χ0v) is 19.4. The number of pyridine rings is 1. The molecule has 0 spiro atoms. The third-order valence-corrected chi connectivity index (χ3v) is 7.36. The van der Waals surface area contributed by atoms with Crippen LogP contribution in [0.15, 0.2) is 30.5 Å². The molecule has 2 aliphatic carbocycles. The number of nitrogens with zero attached hydrogens (tertiary/aromatic N) is 3. The number of carbonyl (C=O) groups is 4. The molecule has 9 heteroatoms. The monoisotopic (exact) mass is 465 g/mol. The highest BCUT2D eigenvalue weighted by Gasteiger charge is 2.50. The van der Waals surface area contributed by atoms with Crippen LogP contribution in [-0.4, -0.2) is 62.7 Å². The molecule has 1 aliphatic heterocycles. The summed E-state index contributed by atoms with van der Waals surface area (Å²) >= 11 is 0. The third kappa shape index (κ3) is 4.31. The van der Waals surface area contributed by atoms with Crippen molar-refractivity contribution in [1.82, 2.24) is 25.1 Å². The number of aromatic nitrogens is 2. The lowest BCUT2D eigenvalue weighted by atomic mass is 9.93. The lowest BCUT2D eigenvalue weighted by molar-refractivity contribution is -0.140. The second-order valence-electron chi connectivity index (χ2n) is 9.82. The summed E-state index contributed by atoms with van der Waals surface area (Å²) in [5.41, 5.74) is 1.11. The Morgan fingerprint density at radius 2 is 1.97 bits per heavy atom. The van der Waals surface area contributed by atoms with Gasteiger partial charge in [-0.05, 0) is 62.1 Å². The van der Waals surface area contributed by atoms with Gasteiger partial charge in [-0.15, -0.1) is 0 Å². The van der Waals surface area contributed by atoms with E-state index >= 15 is 0 Å². The summed E-state index contributed by atoms with van der Waals surface area (Å²) < 4.78 is 1.65. The highest BCUT2D eigenvalue weighted by atomic mass is 16.2. The Bertz CT molecular complexity index is 1090. The van der Waals surface area contributed by atoms with Crippen LogP contribution in [0.1, 0.15) is 62.4 Å². The molecule has 3 heterocycles. The van der Waals surface area contributed by atoms with Crippen molar-refractivity contribution in [1.29, 1.82) is 0 Å². The molecule has 180 valence electrons. The Morgan fingerprint density at radius 1 is 1.15 bits per heavy atom. The maximum absolute atomic E-state index is 13.5. The Hall–Kier alpha value is -3.23. The number of fused-ring (bicyclic) bond motifs is 2. The Labute approximate surface area is 198 Å². The van der Waals surface area contributed by atoms with Gasteiger partial charge in [0.15, 0.2) is 5.69 Å². The number of amides is 3. The molecule has 3 fully saturated rings. The molecular weight excluding hydrogens is 434 g/mol. The highest BCUT2D eigenvalue weighted by Crippen LogP contribution is 2.42. The van der Waals surface area contributed by atoms with Crippen molar-refractivity contribution >= 4 is 29.0 Å². The van der Waals surface area contributed by atoms with Crippen LogP contribution in [0.25, 0.3) is 5.52 Å². The fourth-order valence-corrected chi connectivity index (χ4v) is 5.50. The lowest BCUT2D eigenvalue weighted by Gasteiger charge is -2.28. The van der Waals surface area contributed by atoms with Gasteiger partial charge in [0.2, 0.25) is 11.7 Å². The Balaban J connectivity index is 1.36. The molecule has 2 N–H and O–H groups in total. The molecule has 3 amide bonds. The molecule has 2 aromatic heterocycles. The van der Waals surface area contributed by atoms with Gasteiger partial charge in [-0.2, -0.15) is 5.10 Å². The zero-order valence-electron chi connectivity index (χ0n) is 19.4. The van der Waals surface area contributed by atoms with Crippen molar-refractivity contribution in [2.75, 3.05) is 6.54 Å². The molecule has 0 aromatic carbocycles. The van der Waals surface area contributed by atoms with Crippen LogP contribution < -0.4 is 10.6 Å². The van der Waals surface area contributed by atoms with E-state index in [1.807, 2.05) is 25.1 Å². The van der Waals surface area contributed by atoms with Crippen LogP contribution in [0.4, 0.5) is 0 Å². The summed E-state index contributed by atoms with van der Waals surface area (Å²) in [6.07, 6.45) is 7.44. The second kappa shape index (κ2) is 9.19. The summed E-state index contributed by atoms with van der Waals surface area (Å²) in [5, 5.41) is 9.97. The van der Waals surface area contributed by atoms with Gasteiger partial charge < -0.3 is 15.5 Å². The van der Waals surface area contributed by atoms with Crippen LogP contribution in [0.3, 0.4) is 0 Å². The standard InChI is InChI=1S/C25H31N5O4/c1-2-6-19(22(31)24(33)26-16-10-11-16)27-23(32)21-18-9-5-7-15(18)14-29(21)25(34)20-13-17-8-3-4-12-30(17)28-20/h3-4,8,12-13,15-16,18-19,21H,2,5-7,9-11,14H2,1H3,(H,26,33)(H,27,32)/t15-,18-,19-,21-/m0/s1. The smallest absolute Gasteiger partial charge is 0.289 e. The fourth-order valence-electron chi connectivity index (χ4n) is 5.50. The van der Waals surface area contributed by atoms with E-state index in [-0.39, 0.29) is 29.7 Å². The molecular formula is C25H31N5O4. The van der Waals surface area contributed by atoms with Gasteiger partial charge in [-0.25, -0.2) is 4.52 Å². The largest absolute Gasteiger partial charge is 0.347 e. The molecule has 4 atom stereocenters. The lowest BCUT2D eigenvalue weighted by Crippen LogP contribution is -2.54. The van der Waals surface area contributed by atoms with Gasteiger partial charge >= 0.3 is 0 Å². The van der Waals surface area contributed by atoms with E-state index in [9.17, 15) is 19.2 Å². The molecule has 34 heavy (non-hydrogen) atoms. The van der Waals surface area contributed by atoms with Gasteiger partial charge in [0, 0.05) is 18.8 Å². The minimum absolute atomic E-state index is 0.0543. The molecule has 5 rings (SSSR count). The second-order valence-corrected chi connectivity index (χ2v) is 9.82. The van der Waals surface area contributed by atoms with E-state index in [1.54, 1.807) is 21.7 Å². The maximum Gasteiger partial charge on any atom is 0.289 e. The molecule has 0 radical (unpaired) electrons. The summed E-state index contributed by atoms with van der Waals surface area (Å²) in [6, 6.07) is 5.85. The van der Waals surface area contributed by atoms with Crippen molar-refractivity contribution in [2.45, 2.75) is 70.0 Å². The third-order valence-electron chi connectivity index (χ3n) is 7.36. The van der Waals surface area contributed by atoms with Crippen molar-refractivity contribution in [2.24, 2.45) is 11.8 Å². The molecule has 9 nitrogen and oxygen atoms in total. The van der Waals surface area contributed by atoms with E-state index < -0.39 is 23.8 Å². The summed E-state index contributed by atoms with van der Waals surface area (Å²) in [4.78, 5) is 53.8. The predicted octanol–water partition coefficient (Wildman–Crippen LogP) is 1.71. The number of nitrogens with one attached hydrogen (secondary N) is 2. The van der Waals surface area contributed by atoms with E-state index in [0.717, 1.165) is 37.6 Å². The number of carbonyl (C=O) groups excluding carboxylic acids is 4. The van der Waals surface area contributed by atoms with Gasteiger partial charge in [0.05, 0.1) is 11.6 Å². The maximum atomic E-state index is 13.5. The first-order chi connectivity index (χ1) is 16.5. The minimum Gasteiger partial charge on any atom is -0.347 e. The fraction of sp³-hybridized carbons (Fsp3) is 0.560. The van der Waals surface area contributed by atoms with E-state index in [1.165, 1.54) is 0 Å². The number of hydrogen-bond acceptors (Lipinski definition) is 5. The topological polar surface area (TPSA) is 113 Å². The van der Waals surface area contributed by atoms with E-state index in [4.69, 9.17) is 0 Å². The number of ketones is 1. The van der Waals surface area contributed by atoms with Gasteiger partial charge in [0.25, 0.3) is 11.8 Å². The van der Waals surface area contributed by atoms with Gasteiger partial charge in [-0.3, -0.25) is 19.2 Å². The first kappa shape index (κ1) is 22.6. The number of likely N-dealkylation sites (tertiary alicyclic amines) is 1. The quantitative estimate of drug-likeness (QED) is 0.577. The number of rotatable bonds is 8. The molecule has 2 aromatic rings. The van der Waals surface area contributed by atoms with Crippen LogP contribution in [-0.2, 0) is 14.4 Å². The van der Waals surface area contributed by atoms with Gasteiger partial charge in [0.1, 0.15) is 6.04 Å². The van der Waals surface area contributed by atoms with Crippen molar-refractivity contribution in [3.8, 4) is 0 Å². The molecule has 2 saturated carbocycles. The predicted molar refractivity (Wildman–Crippen MR) is 124 cm³/mol. The zero-order chi connectivity index (χ0) is 23.8. The highest BCUT2D eigenvalue weighted by molar-refractivity contribution is 6.38. The summed E-state index contributed by atoms with van der Waals surface area (Å²) in [7, 11) is 0.